The number of nitrogens with zero attached hydrogens (tertiary/aromatic N) is 2. The van der Waals surface area contributed by atoms with E-state index in [4.69, 9.17) is 5.73 Å². The molecule has 2 rings (SSSR count). The van der Waals surface area contributed by atoms with Gasteiger partial charge in [0.05, 0.1) is 0 Å². The number of nitrogens with two attached hydrogens (primary N) is 1. The van der Waals surface area contributed by atoms with Gasteiger partial charge in [0, 0.05) is 37.9 Å². The van der Waals surface area contributed by atoms with Crippen LogP contribution < -0.4 is 5.73 Å². The zero-order chi connectivity index (χ0) is 10.8. The van der Waals surface area contributed by atoms with Crippen molar-refractivity contribution in [2.45, 2.75) is 25.9 Å². The van der Waals surface area contributed by atoms with E-state index in [1.54, 1.807) is 11.1 Å². The maximum absolute atomic E-state index is 11.5. The van der Waals surface area contributed by atoms with Gasteiger partial charge in [-0.25, -0.2) is 0 Å². The lowest BCUT2D eigenvalue weighted by molar-refractivity contribution is -0.128. The van der Waals surface area contributed by atoms with Crippen LogP contribution in [0.15, 0.2) is 18.5 Å². The first-order valence-electron chi connectivity index (χ1n) is 5.09. The number of hydrogen-bond acceptors (Lipinski definition) is 3. The average molecular weight is 205 g/mol. The third-order valence-electron chi connectivity index (χ3n) is 2.75. The number of aryl methyl sites for hydroxylation is 1. The van der Waals surface area contributed by atoms with Crippen molar-refractivity contribution >= 4 is 5.91 Å². The van der Waals surface area contributed by atoms with Gasteiger partial charge in [-0.05, 0) is 24.1 Å². The highest BCUT2D eigenvalue weighted by Crippen LogP contribution is 2.15. The molecular formula is C11H15N3O. The smallest absolute Gasteiger partial charge is 0.224 e. The topological polar surface area (TPSA) is 59.2 Å². The highest BCUT2D eigenvalue weighted by Gasteiger charge is 2.26. The van der Waals surface area contributed by atoms with E-state index < -0.39 is 0 Å². The monoisotopic (exact) mass is 205 g/mol. The van der Waals surface area contributed by atoms with Crippen molar-refractivity contribution in [3.63, 3.8) is 0 Å². The Morgan fingerprint density at radius 3 is 3.07 bits per heavy atom. The van der Waals surface area contributed by atoms with E-state index in [-0.39, 0.29) is 11.9 Å². The van der Waals surface area contributed by atoms with Crippen molar-refractivity contribution in [1.82, 2.24) is 9.88 Å². The van der Waals surface area contributed by atoms with Crippen LogP contribution in [0, 0.1) is 6.92 Å². The SMILES string of the molecule is Cc1ccncc1CN1CC(N)CC1=O. The Kier molecular flexibility index (Phi) is 2.68. The van der Waals surface area contributed by atoms with Crippen molar-refractivity contribution in [2.75, 3.05) is 6.54 Å². The Morgan fingerprint density at radius 1 is 1.67 bits per heavy atom. The predicted octanol–water partition coefficient (Wildman–Crippen LogP) is 0.450. The van der Waals surface area contributed by atoms with Crippen LogP contribution in [0.3, 0.4) is 0 Å². The fraction of sp³-hybridized carbons (Fsp3) is 0.455. The third kappa shape index (κ3) is 2.15. The molecule has 80 valence electrons. The molecular weight excluding hydrogens is 190 g/mol. The number of hydrogen-bond donors (Lipinski definition) is 1. The molecule has 1 aliphatic rings. The molecule has 1 aliphatic heterocycles. The summed E-state index contributed by atoms with van der Waals surface area (Å²) in [5, 5.41) is 0. The maximum atomic E-state index is 11.5. The molecule has 1 amide bonds. The lowest BCUT2D eigenvalue weighted by Crippen LogP contribution is -2.28. The van der Waals surface area contributed by atoms with Gasteiger partial charge >= 0.3 is 0 Å². The summed E-state index contributed by atoms with van der Waals surface area (Å²) in [7, 11) is 0. The minimum Gasteiger partial charge on any atom is -0.337 e. The van der Waals surface area contributed by atoms with E-state index in [9.17, 15) is 4.79 Å². The molecule has 1 fully saturated rings. The van der Waals surface area contributed by atoms with Crippen LogP contribution in [-0.4, -0.2) is 28.4 Å². The summed E-state index contributed by atoms with van der Waals surface area (Å²) in [6, 6.07) is 1.95. The van der Waals surface area contributed by atoms with Gasteiger partial charge in [0.25, 0.3) is 0 Å². The molecule has 15 heavy (non-hydrogen) atoms. The summed E-state index contributed by atoms with van der Waals surface area (Å²) in [4.78, 5) is 17.4. The summed E-state index contributed by atoms with van der Waals surface area (Å²) >= 11 is 0. The normalized spacial score (nSPS) is 21.1. The molecule has 0 radical (unpaired) electrons. The number of rotatable bonds is 2. The van der Waals surface area contributed by atoms with Crippen molar-refractivity contribution < 1.29 is 4.79 Å². The molecule has 0 spiro atoms. The highest BCUT2D eigenvalue weighted by atomic mass is 16.2. The van der Waals surface area contributed by atoms with E-state index in [0.717, 1.165) is 5.56 Å². The van der Waals surface area contributed by atoms with Gasteiger partial charge in [-0.1, -0.05) is 0 Å². The minimum absolute atomic E-state index is 0.00511. The van der Waals surface area contributed by atoms with Gasteiger partial charge in [-0.2, -0.15) is 0 Å². The number of amides is 1. The van der Waals surface area contributed by atoms with Crippen molar-refractivity contribution in [3.05, 3.63) is 29.6 Å². The quantitative estimate of drug-likeness (QED) is 0.762. The second kappa shape index (κ2) is 3.98. The lowest BCUT2D eigenvalue weighted by atomic mass is 10.1. The van der Waals surface area contributed by atoms with Crippen LogP contribution in [0.2, 0.25) is 0 Å². The number of likely N-dealkylation sites (tertiary alicyclic amines) is 1. The minimum atomic E-state index is -0.00511. The molecule has 2 N–H and O–H groups in total. The fourth-order valence-corrected chi connectivity index (χ4v) is 1.82. The van der Waals surface area contributed by atoms with Gasteiger partial charge in [-0.3, -0.25) is 9.78 Å². The van der Waals surface area contributed by atoms with Crippen LogP contribution in [0.4, 0.5) is 0 Å². The first-order chi connectivity index (χ1) is 7.16. The molecule has 2 heterocycles. The molecule has 1 saturated heterocycles. The van der Waals surface area contributed by atoms with Gasteiger partial charge in [0.15, 0.2) is 0 Å². The van der Waals surface area contributed by atoms with Crippen LogP contribution in [0.25, 0.3) is 0 Å². The number of pyridine rings is 1. The summed E-state index contributed by atoms with van der Waals surface area (Å²) in [6.07, 6.45) is 4.04. The molecule has 0 aromatic carbocycles. The number of aromatic nitrogens is 1. The largest absolute Gasteiger partial charge is 0.337 e. The first kappa shape index (κ1) is 10.1. The van der Waals surface area contributed by atoms with E-state index in [1.807, 2.05) is 19.2 Å². The van der Waals surface area contributed by atoms with Gasteiger partial charge < -0.3 is 10.6 Å². The molecule has 1 unspecified atom stereocenters. The zero-order valence-electron chi connectivity index (χ0n) is 8.81. The van der Waals surface area contributed by atoms with Crippen molar-refractivity contribution in [2.24, 2.45) is 5.73 Å². The summed E-state index contributed by atoms with van der Waals surface area (Å²) in [5.41, 5.74) is 7.99. The van der Waals surface area contributed by atoms with E-state index in [2.05, 4.69) is 4.98 Å². The summed E-state index contributed by atoms with van der Waals surface area (Å²) in [6.45, 7) is 3.32. The molecule has 0 aliphatic carbocycles. The second-order valence-corrected chi connectivity index (χ2v) is 4.04. The molecule has 0 saturated carbocycles. The number of carbonyl (C=O) groups excluding carboxylic acids is 1. The first-order valence-corrected chi connectivity index (χ1v) is 5.09. The van der Waals surface area contributed by atoms with Crippen LogP contribution in [0.1, 0.15) is 17.5 Å². The predicted molar refractivity (Wildman–Crippen MR) is 57.0 cm³/mol. The summed E-state index contributed by atoms with van der Waals surface area (Å²) in [5.74, 6) is 0.144. The Balaban J connectivity index is 2.09. The molecule has 1 atom stereocenters. The maximum Gasteiger partial charge on any atom is 0.224 e. The molecule has 1 aromatic heterocycles. The van der Waals surface area contributed by atoms with Gasteiger partial charge in [0.1, 0.15) is 0 Å². The van der Waals surface area contributed by atoms with Crippen LogP contribution in [0.5, 0.6) is 0 Å². The van der Waals surface area contributed by atoms with Crippen LogP contribution >= 0.6 is 0 Å². The zero-order valence-corrected chi connectivity index (χ0v) is 8.81. The standard InChI is InChI=1S/C11H15N3O/c1-8-2-3-13-5-9(8)6-14-7-10(12)4-11(14)15/h2-3,5,10H,4,6-7,12H2,1H3. The Morgan fingerprint density at radius 2 is 2.47 bits per heavy atom. The Hall–Kier alpha value is -1.42. The van der Waals surface area contributed by atoms with E-state index >= 15 is 0 Å². The Bertz CT molecular complexity index is 378. The average Bonchev–Trinajstić information content (AvgIpc) is 2.49. The van der Waals surface area contributed by atoms with Crippen molar-refractivity contribution in [3.8, 4) is 0 Å². The van der Waals surface area contributed by atoms with Crippen molar-refractivity contribution in [1.29, 1.82) is 0 Å². The summed E-state index contributed by atoms with van der Waals surface area (Å²) < 4.78 is 0. The van der Waals surface area contributed by atoms with E-state index in [0.29, 0.717) is 19.5 Å². The molecule has 4 heteroatoms. The lowest BCUT2D eigenvalue weighted by Gasteiger charge is -2.16. The molecule has 4 nitrogen and oxygen atoms in total. The van der Waals surface area contributed by atoms with E-state index in [1.165, 1.54) is 5.56 Å². The fourth-order valence-electron chi connectivity index (χ4n) is 1.82. The van der Waals surface area contributed by atoms with Crippen LogP contribution in [-0.2, 0) is 11.3 Å². The van der Waals surface area contributed by atoms with Gasteiger partial charge in [-0.15, -0.1) is 0 Å². The van der Waals surface area contributed by atoms with Gasteiger partial charge in [0.2, 0.25) is 5.91 Å². The Labute approximate surface area is 89.1 Å². The number of carbonyl (C=O) groups is 1. The molecule has 0 bridgehead atoms. The molecule has 1 aromatic rings. The second-order valence-electron chi connectivity index (χ2n) is 4.04. The third-order valence-corrected chi connectivity index (χ3v) is 2.75. The highest BCUT2D eigenvalue weighted by molar-refractivity contribution is 5.79.